The van der Waals surface area contributed by atoms with Crippen LogP contribution >= 0.6 is 0 Å². The van der Waals surface area contributed by atoms with Crippen molar-refractivity contribution in [1.82, 2.24) is 0 Å². The maximum Gasteiger partial charge on any atom is 0.119 e. The molecule has 1 aromatic carbocycles. The van der Waals surface area contributed by atoms with E-state index in [1.54, 1.807) is 24.8 Å². The van der Waals surface area contributed by atoms with Gasteiger partial charge in [0.15, 0.2) is 0 Å². The third-order valence-corrected chi connectivity index (χ3v) is 9.30. The zero-order chi connectivity index (χ0) is 21.5. The molecule has 4 unspecified atom stereocenters. The van der Waals surface area contributed by atoms with Gasteiger partial charge in [-0.2, -0.15) is 0 Å². The molecule has 0 heterocycles. The molecule has 1 aromatic rings. The third kappa shape index (κ3) is 6.29. The standard InChI is InChI=1S/C30H48O/c1-3-5-7-23-8-10-24(11-9-23)26-12-14-29-22-27(13-15-28(29)21-26)25-16-18-30(19-17-25)31-20-6-4-2/h16-19,23-24,26-29H,3-15,20-22H2,1-2H3. The van der Waals surface area contributed by atoms with Crippen molar-refractivity contribution in [2.45, 2.75) is 116 Å². The topological polar surface area (TPSA) is 9.23 Å². The molecule has 0 N–H and O–H groups in total. The zero-order valence-corrected chi connectivity index (χ0v) is 20.5. The molecule has 3 fully saturated rings. The second kappa shape index (κ2) is 11.8. The second-order valence-electron chi connectivity index (χ2n) is 11.3. The van der Waals surface area contributed by atoms with Gasteiger partial charge in [-0.1, -0.05) is 64.5 Å². The highest BCUT2D eigenvalue weighted by atomic mass is 16.5. The van der Waals surface area contributed by atoms with Gasteiger partial charge >= 0.3 is 0 Å². The molecule has 0 aliphatic heterocycles. The molecular formula is C30H48O. The molecule has 174 valence electrons. The van der Waals surface area contributed by atoms with Crippen LogP contribution in [0.15, 0.2) is 24.3 Å². The summed E-state index contributed by atoms with van der Waals surface area (Å²) in [6.45, 7) is 5.41. The summed E-state index contributed by atoms with van der Waals surface area (Å²) < 4.78 is 5.87. The van der Waals surface area contributed by atoms with Crippen molar-refractivity contribution in [3.8, 4) is 5.75 Å². The fourth-order valence-electron chi connectivity index (χ4n) is 7.27. The predicted molar refractivity (Wildman–Crippen MR) is 133 cm³/mol. The summed E-state index contributed by atoms with van der Waals surface area (Å²) >= 11 is 0. The van der Waals surface area contributed by atoms with Crippen molar-refractivity contribution in [1.29, 1.82) is 0 Å². The fourth-order valence-corrected chi connectivity index (χ4v) is 7.27. The molecule has 0 aromatic heterocycles. The van der Waals surface area contributed by atoms with Crippen LogP contribution in [0.2, 0.25) is 0 Å². The van der Waals surface area contributed by atoms with Crippen LogP contribution < -0.4 is 4.74 Å². The van der Waals surface area contributed by atoms with E-state index in [-0.39, 0.29) is 0 Å². The molecule has 1 heteroatoms. The molecule has 0 amide bonds. The van der Waals surface area contributed by atoms with Gasteiger partial charge in [0, 0.05) is 0 Å². The molecule has 0 radical (unpaired) electrons. The van der Waals surface area contributed by atoms with Gasteiger partial charge in [-0.3, -0.25) is 0 Å². The van der Waals surface area contributed by atoms with Gasteiger partial charge in [-0.25, -0.2) is 0 Å². The zero-order valence-electron chi connectivity index (χ0n) is 20.5. The number of ether oxygens (including phenoxy) is 1. The highest BCUT2D eigenvalue weighted by Gasteiger charge is 2.39. The molecule has 3 aliphatic carbocycles. The van der Waals surface area contributed by atoms with E-state index in [4.69, 9.17) is 4.74 Å². The summed E-state index contributed by atoms with van der Waals surface area (Å²) in [5, 5.41) is 0. The quantitative estimate of drug-likeness (QED) is 0.359. The van der Waals surface area contributed by atoms with E-state index < -0.39 is 0 Å². The summed E-state index contributed by atoms with van der Waals surface area (Å²) in [6, 6.07) is 9.14. The Kier molecular flexibility index (Phi) is 8.79. The minimum Gasteiger partial charge on any atom is -0.494 e. The van der Waals surface area contributed by atoms with Gasteiger partial charge in [-0.15, -0.1) is 0 Å². The minimum atomic E-state index is 0.788. The SMILES string of the molecule is CCCCOc1ccc(C2CCC3CC(C4CCC(CCCC)CC4)CCC3C2)cc1. The van der Waals surface area contributed by atoms with Crippen LogP contribution in [0.4, 0.5) is 0 Å². The molecule has 3 saturated carbocycles. The van der Waals surface area contributed by atoms with Crippen LogP contribution in [0.25, 0.3) is 0 Å². The molecule has 4 rings (SSSR count). The van der Waals surface area contributed by atoms with Crippen LogP contribution in [0, 0.1) is 29.6 Å². The van der Waals surface area contributed by atoms with E-state index >= 15 is 0 Å². The van der Waals surface area contributed by atoms with Gasteiger partial charge in [0.2, 0.25) is 0 Å². The van der Waals surface area contributed by atoms with Crippen molar-refractivity contribution in [2.75, 3.05) is 6.61 Å². The summed E-state index contributed by atoms with van der Waals surface area (Å²) in [5.74, 6) is 7.06. The van der Waals surface area contributed by atoms with Gasteiger partial charge in [0.25, 0.3) is 0 Å². The van der Waals surface area contributed by atoms with Crippen LogP contribution in [0.3, 0.4) is 0 Å². The minimum absolute atomic E-state index is 0.788. The number of benzene rings is 1. The molecule has 0 spiro atoms. The summed E-state index contributed by atoms with van der Waals surface area (Å²) in [4.78, 5) is 0. The Morgan fingerprint density at radius 2 is 1.29 bits per heavy atom. The van der Waals surface area contributed by atoms with Crippen molar-refractivity contribution in [3.05, 3.63) is 29.8 Å². The first kappa shape index (κ1) is 23.2. The second-order valence-corrected chi connectivity index (χ2v) is 11.3. The van der Waals surface area contributed by atoms with Crippen LogP contribution in [-0.4, -0.2) is 6.61 Å². The summed E-state index contributed by atoms with van der Waals surface area (Å²) in [5.41, 5.74) is 1.56. The first-order valence-electron chi connectivity index (χ1n) is 14.0. The maximum absolute atomic E-state index is 5.87. The molecule has 1 nitrogen and oxygen atoms in total. The van der Waals surface area contributed by atoms with Gasteiger partial charge in [0.1, 0.15) is 5.75 Å². The number of rotatable bonds is 9. The normalized spacial score (nSPS) is 33.6. The fraction of sp³-hybridized carbons (Fsp3) is 0.800. The number of hydrogen-bond donors (Lipinski definition) is 0. The van der Waals surface area contributed by atoms with Crippen LogP contribution in [0.1, 0.15) is 122 Å². The highest BCUT2D eigenvalue weighted by molar-refractivity contribution is 5.30. The Balaban J connectivity index is 1.23. The van der Waals surface area contributed by atoms with E-state index in [2.05, 4.69) is 38.1 Å². The summed E-state index contributed by atoms with van der Waals surface area (Å²) in [7, 11) is 0. The largest absolute Gasteiger partial charge is 0.494 e. The number of hydrogen-bond acceptors (Lipinski definition) is 1. The smallest absolute Gasteiger partial charge is 0.119 e. The predicted octanol–water partition coefficient (Wildman–Crippen LogP) is 9.16. The lowest BCUT2D eigenvalue weighted by atomic mass is 9.60. The molecule has 31 heavy (non-hydrogen) atoms. The lowest BCUT2D eigenvalue weighted by molar-refractivity contribution is 0.0710. The van der Waals surface area contributed by atoms with E-state index in [0.29, 0.717) is 0 Å². The lowest BCUT2D eigenvalue weighted by Crippen LogP contribution is -2.34. The maximum atomic E-state index is 5.87. The van der Waals surface area contributed by atoms with Crippen molar-refractivity contribution < 1.29 is 4.74 Å². The first-order chi connectivity index (χ1) is 15.3. The van der Waals surface area contributed by atoms with Crippen molar-refractivity contribution in [2.24, 2.45) is 29.6 Å². The van der Waals surface area contributed by atoms with Crippen LogP contribution in [-0.2, 0) is 0 Å². The monoisotopic (exact) mass is 424 g/mol. The molecular weight excluding hydrogens is 376 g/mol. The Bertz CT molecular complexity index is 626. The lowest BCUT2D eigenvalue weighted by Gasteiger charge is -2.45. The summed E-state index contributed by atoms with van der Waals surface area (Å²) in [6.07, 6.45) is 21.8. The average molecular weight is 425 g/mol. The average Bonchev–Trinajstić information content (AvgIpc) is 2.83. The molecule has 0 saturated heterocycles. The Hall–Kier alpha value is -0.980. The van der Waals surface area contributed by atoms with Gasteiger partial charge in [0.05, 0.1) is 6.61 Å². The van der Waals surface area contributed by atoms with E-state index in [9.17, 15) is 0 Å². The van der Waals surface area contributed by atoms with Gasteiger partial charge < -0.3 is 4.74 Å². The van der Waals surface area contributed by atoms with E-state index in [1.165, 1.54) is 70.6 Å². The Morgan fingerprint density at radius 3 is 2.00 bits per heavy atom. The third-order valence-electron chi connectivity index (χ3n) is 9.30. The Labute approximate surface area is 192 Å². The first-order valence-corrected chi connectivity index (χ1v) is 14.0. The van der Waals surface area contributed by atoms with E-state index in [0.717, 1.165) is 54.3 Å². The highest BCUT2D eigenvalue weighted by Crippen LogP contribution is 2.51. The molecule has 3 aliphatic rings. The molecule has 4 atom stereocenters. The van der Waals surface area contributed by atoms with Crippen molar-refractivity contribution >= 4 is 0 Å². The number of unbranched alkanes of at least 4 members (excludes halogenated alkanes) is 2. The van der Waals surface area contributed by atoms with Crippen molar-refractivity contribution in [3.63, 3.8) is 0 Å². The number of fused-ring (bicyclic) bond motifs is 1. The van der Waals surface area contributed by atoms with Crippen LogP contribution in [0.5, 0.6) is 5.75 Å². The Morgan fingerprint density at radius 1 is 0.677 bits per heavy atom. The molecule has 0 bridgehead atoms. The van der Waals surface area contributed by atoms with E-state index in [1.807, 2.05) is 0 Å². The van der Waals surface area contributed by atoms with Gasteiger partial charge in [-0.05, 0) is 111 Å².